The van der Waals surface area contributed by atoms with E-state index in [4.69, 9.17) is 0 Å². The number of aromatic hydroxyl groups is 1. The lowest BCUT2D eigenvalue weighted by atomic mass is 9.92. The maximum Gasteiger partial charge on any atom is 0.326 e. The van der Waals surface area contributed by atoms with Crippen molar-refractivity contribution in [2.75, 3.05) is 24.2 Å². The van der Waals surface area contributed by atoms with E-state index in [-0.39, 0.29) is 42.3 Å². The summed E-state index contributed by atoms with van der Waals surface area (Å²) in [7, 11) is 1.80. The first-order valence-corrected chi connectivity index (χ1v) is 15.0. The number of likely N-dealkylation sites (N-methyl/N-ethyl adjacent to an activating group) is 1. The molecule has 1 aliphatic rings. The predicted octanol–water partition coefficient (Wildman–Crippen LogP) is 3.74. The van der Waals surface area contributed by atoms with Gasteiger partial charge in [0.25, 0.3) is 0 Å². The summed E-state index contributed by atoms with van der Waals surface area (Å²) in [5.74, 6) is -3.13. The molecule has 13 heteroatoms. The number of urea groups is 1. The van der Waals surface area contributed by atoms with E-state index in [1.54, 1.807) is 31.3 Å². The second-order valence-electron chi connectivity index (χ2n) is 12.7. The van der Waals surface area contributed by atoms with E-state index < -0.39 is 42.0 Å². The summed E-state index contributed by atoms with van der Waals surface area (Å²) in [4.78, 5) is 62.9. The first kappa shape index (κ1) is 35.6. The molecule has 1 aliphatic heterocycles. The number of anilines is 2. The van der Waals surface area contributed by atoms with Crippen LogP contribution in [0.15, 0.2) is 60.7 Å². The van der Waals surface area contributed by atoms with Crippen molar-refractivity contribution in [3.8, 4) is 5.75 Å². The number of aliphatic carboxylic acids is 2. The van der Waals surface area contributed by atoms with Gasteiger partial charge in [-0.25, -0.2) is 14.4 Å². The third-order valence-electron chi connectivity index (χ3n) is 7.47. The van der Waals surface area contributed by atoms with Crippen molar-refractivity contribution in [1.82, 2.24) is 15.5 Å². The van der Waals surface area contributed by atoms with E-state index in [1.807, 2.05) is 37.8 Å². The molecule has 2 aromatic rings. The molecule has 1 heterocycles. The largest absolute Gasteiger partial charge is 0.508 e. The third kappa shape index (κ3) is 11.2. The highest BCUT2D eigenvalue weighted by molar-refractivity contribution is 5.99. The molecule has 2 aromatic carbocycles. The summed E-state index contributed by atoms with van der Waals surface area (Å²) in [6.45, 7) is 6.18. The zero-order chi connectivity index (χ0) is 34.0. The van der Waals surface area contributed by atoms with Gasteiger partial charge in [-0.3, -0.25) is 14.5 Å². The van der Waals surface area contributed by atoms with Crippen LogP contribution in [0.25, 0.3) is 0 Å². The Morgan fingerprint density at radius 2 is 1.35 bits per heavy atom. The van der Waals surface area contributed by atoms with Gasteiger partial charge in [0, 0.05) is 24.3 Å². The normalized spacial score (nSPS) is 18.0. The molecule has 4 atom stereocenters. The number of hydrogen-bond donors (Lipinski definition) is 7. The van der Waals surface area contributed by atoms with E-state index in [1.165, 1.54) is 24.3 Å². The van der Waals surface area contributed by atoms with Crippen LogP contribution < -0.4 is 21.3 Å². The minimum atomic E-state index is -1.22. The number of hydrogen-bond acceptors (Lipinski definition) is 7. The quantitative estimate of drug-likeness (QED) is 0.126. The smallest absolute Gasteiger partial charge is 0.326 e. The van der Waals surface area contributed by atoms with Crippen LogP contribution in [0.3, 0.4) is 0 Å². The molecule has 46 heavy (non-hydrogen) atoms. The topological polar surface area (TPSA) is 197 Å². The number of carbonyl (C=O) groups excluding carboxylic acids is 3. The number of likely N-dealkylation sites (tertiary alicyclic amines) is 1. The van der Waals surface area contributed by atoms with Crippen molar-refractivity contribution in [3.63, 3.8) is 0 Å². The molecule has 1 fully saturated rings. The number of carboxylic acid groups (broad SMARTS) is 2. The minimum absolute atomic E-state index is 0.00485. The first-order valence-electron chi connectivity index (χ1n) is 15.0. The lowest BCUT2D eigenvalue weighted by Gasteiger charge is -2.21. The Morgan fingerprint density at radius 3 is 1.85 bits per heavy atom. The van der Waals surface area contributed by atoms with Crippen LogP contribution in [0.1, 0.15) is 57.9 Å². The van der Waals surface area contributed by atoms with Gasteiger partial charge in [0.1, 0.15) is 17.8 Å². The highest BCUT2D eigenvalue weighted by atomic mass is 16.4. The van der Waals surface area contributed by atoms with Gasteiger partial charge < -0.3 is 36.6 Å². The molecule has 0 bridgehead atoms. The lowest BCUT2D eigenvalue weighted by Crippen LogP contribution is -2.48. The van der Waals surface area contributed by atoms with Crippen molar-refractivity contribution >= 4 is 41.2 Å². The van der Waals surface area contributed by atoms with Crippen LogP contribution >= 0.6 is 0 Å². The molecular weight excluding hydrogens is 594 g/mol. The van der Waals surface area contributed by atoms with Gasteiger partial charge in [-0.05, 0) is 79.6 Å². The Balaban J connectivity index is 1.51. The summed E-state index contributed by atoms with van der Waals surface area (Å²) in [5, 5.41) is 39.0. The number of amides is 4. The maximum absolute atomic E-state index is 13.1. The Bertz CT molecular complexity index is 1420. The van der Waals surface area contributed by atoms with E-state index in [9.17, 15) is 39.3 Å². The zero-order valence-corrected chi connectivity index (χ0v) is 26.4. The molecule has 0 aromatic heterocycles. The molecule has 248 valence electrons. The minimum Gasteiger partial charge on any atom is -0.508 e. The fourth-order valence-corrected chi connectivity index (χ4v) is 5.13. The highest BCUT2D eigenvalue weighted by Crippen LogP contribution is 2.31. The number of phenolic OH excluding ortho intramolecular Hbond substituents is 1. The summed E-state index contributed by atoms with van der Waals surface area (Å²) in [6.07, 6.45) is 3.52. The van der Waals surface area contributed by atoms with Gasteiger partial charge in [-0.15, -0.1) is 0 Å². The molecule has 3 rings (SSSR count). The number of rotatable bonds is 13. The maximum atomic E-state index is 13.1. The third-order valence-corrected chi connectivity index (χ3v) is 7.47. The number of phenols is 1. The molecule has 7 N–H and O–H groups in total. The van der Waals surface area contributed by atoms with Gasteiger partial charge in [0.15, 0.2) is 0 Å². The fourth-order valence-electron chi connectivity index (χ4n) is 5.13. The van der Waals surface area contributed by atoms with Crippen LogP contribution in [0.4, 0.5) is 16.2 Å². The molecule has 1 saturated heterocycles. The SMILES string of the molecule is CN1CC(c2ccc(NC(=O)Nc3ccc(O)cc3)cc2)CC1C(=O)NC(CC=CCC(NC(=O)CC(C)(C)C)C(=O)O)C(=O)O. The summed E-state index contributed by atoms with van der Waals surface area (Å²) >= 11 is 0. The molecule has 0 radical (unpaired) electrons. The Labute approximate surface area is 268 Å². The average molecular weight is 638 g/mol. The van der Waals surface area contributed by atoms with Crippen molar-refractivity contribution in [2.45, 2.75) is 70.5 Å². The molecule has 0 saturated carbocycles. The highest BCUT2D eigenvalue weighted by Gasteiger charge is 2.36. The van der Waals surface area contributed by atoms with E-state index >= 15 is 0 Å². The predicted molar refractivity (Wildman–Crippen MR) is 173 cm³/mol. The van der Waals surface area contributed by atoms with Crippen LogP contribution in [-0.4, -0.2) is 81.7 Å². The monoisotopic (exact) mass is 637 g/mol. The second kappa shape index (κ2) is 15.9. The zero-order valence-electron chi connectivity index (χ0n) is 26.4. The standard InChI is InChI=1S/C33H43N5O8/c1-33(2,3)18-28(40)36-25(30(42)43)7-5-6-8-26(31(44)45)37-29(41)27-17-21(19-38(27)4)20-9-11-22(12-10-20)34-32(46)35-23-13-15-24(39)16-14-23/h5-6,9-16,21,25-27,39H,7-8,17-19H2,1-4H3,(H,36,40)(H,37,41)(H,42,43)(H,44,45)(H2,34,35,46). The van der Waals surface area contributed by atoms with Gasteiger partial charge in [-0.1, -0.05) is 45.1 Å². The van der Waals surface area contributed by atoms with Crippen molar-refractivity contribution in [1.29, 1.82) is 0 Å². The van der Waals surface area contributed by atoms with Gasteiger partial charge >= 0.3 is 18.0 Å². The summed E-state index contributed by atoms with van der Waals surface area (Å²) in [6, 6.07) is 9.98. The van der Waals surface area contributed by atoms with Crippen LogP contribution in [0, 0.1) is 5.41 Å². The Hall–Kier alpha value is -4.91. The first-order chi connectivity index (χ1) is 21.6. The van der Waals surface area contributed by atoms with Crippen LogP contribution in [0.5, 0.6) is 5.75 Å². The average Bonchev–Trinajstić information content (AvgIpc) is 3.35. The van der Waals surface area contributed by atoms with E-state index in [2.05, 4.69) is 21.3 Å². The number of nitrogens with zero attached hydrogens (tertiary/aromatic N) is 1. The Morgan fingerprint density at radius 1 is 0.848 bits per heavy atom. The molecule has 0 aliphatic carbocycles. The van der Waals surface area contributed by atoms with Crippen molar-refractivity contribution in [3.05, 3.63) is 66.2 Å². The molecule has 13 nitrogen and oxygen atoms in total. The number of carbonyl (C=O) groups is 5. The summed E-state index contributed by atoms with van der Waals surface area (Å²) in [5.41, 5.74) is 1.75. The second-order valence-corrected chi connectivity index (χ2v) is 12.7. The van der Waals surface area contributed by atoms with Gasteiger partial charge in [-0.2, -0.15) is 0 Å². The molecule has 4 amide bonds. The van der Waals surface area contributed by atoms with E-state index in [0.29, 0.717) is 24.3 Å². The fraction of sp³-hybridized carbons (Fsp3) is 0.424. The molecule has 0 spiro atoms. The number of nitrogens with one attached hydrogen (secondary N) is 4. The summed E-state index contributed by atoms with van der Waals surface area (Å²) < 4.78 is 0. The Kier molecular flexibility index (Phi) is 12.3. The van der Waals surface area contributed by atoms with Gasteiger partial charge in [0.05, 0.1) is 6.04 Å². The van der Waals surface area contributed by atoms with E-state index in [0.717, 1.165) is 5.56 Å². The van der Waals surface area contributed by atoms with Gasteiger partial charge in [0.2, 0.25) is 11.8 Å². The van der Waals surface area contributed by atoms with Crippen LogP contribution in [-0.2, 0) is 19.2 Å². The number of carboxylic acids is 2. The lowest BCUT2D eigenvalue weighted by molar-refractivity contribution is -0.142. The number of benzene rings is 2. The van der Waals surface area contributed by atoms with Crippen molar-refractivity contribution in [2.24, 2.45) is 5.41 Å². The van der Waals surface area contributed by atoms with Crippen LogP contribution in [0.2, 0.25) is 0 Å². The van der Waals surface area contributed by atoms with Crippen molar-refractivity contribution < 1.29 is 39.3 Å². The molecule has 4 unspecified atom stereocenters. The molecular formula is C33H43N5O8.